The Hall–Kier alpha value is -2.82. The fourth-order valence-electron chi connectivity index (χ4n) is 3.76. The van der Waals surface area contributed by atoms with Gasteiger partial charge in [-0.15, -0.1) is 0 Å². The van der Waals surface area contributed by atoms with Gasteiger partial charge >= 0.3 is 0 Å². The average molecular weight is 497 g/mol. The first-order valence-corrected chi connectivity index (χ1v) is 12.2. The molecule has 6 heteroatoms. The molecular formula is C28H30Cl2N2O2. The third-order valence-electron chi connectivity index (χ3n) is 5.68. The first-order chi connectivity index (χ1) is 16.4. The van der Waals surface area contributed by atoms with Gasteiger partial charge in [0.2, 0.25) is 11.8 Å². The Morgan fingerprint density at radius 1 is 0.882 bits per heavy atom. The molecule has 3 aromatic rings. The van der Waals surface area contributed by atoms with Gasteiger partial charge in [0.1, 0.15) is 6.04 Å². The maximum absolute atomic E-state index is 13.7. The van der Waals surface area contributed by atoms with Crippen molar-refractivity contribution in [3.8, 4) is 0 Å². The van der Waals surface area contributed by atoms with Gasteiger partial charge in [-0.05, 0) is 42.2 Å². The van der Waals surface area contributed by atoms with Crippen molar-refractivity contribution >= 4 is 35.0 Å². The molecule has 0 aromatic heterocycles. The number of carbonyl (C=O) groups is 2. The number of hydrogen-bond donors (Lipinski definition) is 1. The molecule has 0 aliphatic carbocycles. The van der Waals surface area contributed by atoms with Gasteiger partial charge < -0.3 is 10.2 Å². The third kappa shape index (κ3) is 7.09. The summed E-state index contributed by atoms with van der Waals surface area (Å²) < 4.78 is 0. The molecule has 178 valence electrons. The Labute approximate surface area is 211 Å². The van der Waals surface area contributed by atoms with Crippen LogP contribution in [-0.2, 0) is 29.0 Å². The molecule has 4 nitrogen and oxygen atoms in total. The molecule has 0 heterocycles. The second-order valence-corrected chi connectivity index (χ2v) is 9.20. The van der Waals surface area contributed by atoms with E-state index >= 15 is 0 Å². The number of aryl methyl sites for hydroxylation is 1. The Bertz CT molecular complexity index is 1080. The average Bonchev–Trinajstić information content (AvgIpc) is 2.84. The van der Waals surface area contributed by atoms with E-state index in [2.05, 4.69) is 5.32 Å². The van der Waals surface area contributed by atoms with E-state index in [1.165, 1.54) is 0 Å². The molecule has 0 saturated carbocycles. The molecule has 0 bridgehead atoms. The molecule has 0 fully saturated rings. The Kier molecular flexibility index (Phi) is 9.55. The summed E-state index contributed by atoms with van der Waals surface area (Å²) in [6, 6.07) is 22.2. The topological polar surface area (TPSA) is 49.4 Å². The second kappa shape index (κ2) is 12.6. The first kappa shape index (κ1) is 25.8. The lowest BCUT2D eigenvalue weighted by Gasteiger charge is -2.32. The van der Waals surface area contributed by atoms with Gasteiger partial charge in [0.15, 0.2) is 0 Å². The Morgan fingerprint density at radius 3 is 2.15 bits per heavy atom. The number of nitrogens with zero attached hydrogens (tertiary/aromatic N) is 1. The number of benzene rings is 3. The zero-order valence-electron chi connectivity index (χ0n) is 19.6. The van der Waals surface area contributed by atoms with Crippen LogP contribution in [0.2, 0.25) is 10.0 Å². The van der Waals surface area contributed by atoms with Crippen LogP contribution in [0.5, 0.6) is 0 Å². The van der Waals surface area contributed by atoms with Gasteiger partial charge in [-0.3, -0.25) is 9.59 Å². The van der Waals surface area contributed by atoms with Crippen LogP contribution in [0.1, 0.15) is 35.6 Å². The smallest absolute Gasteiger partial charge is 0.243 e. The molecule has 0 spiro atoms. The predicted octanol–water partition coefficient (Wildman–Crippen LogP) is 6.01. The van der Waals surface area contributed by atoms with Gasteiger partial charge in [-0.1, -0.05) is 96.4 Å². The van der Waals surface area contributed by atoms with Crippen molar-refractivity contribution < 1.29 is 9.59 Å². The van der Waals surface area contributed by atoms with E-state index in [1.807, 2.05) is 68.4 Å². The van der Waals surface area contributed by atoms with E-state index in [-0.39, 0.29) is 18.2 Å². The number of rotatable bonds is 10. The summed E-state index contributed by atoms with van der Waals surface area (Å²) in [4.78, 5) is 28.7. The number of nitrogens with one attached hydrogen (secondary N) is 1. The molecular weight excluding hydrogens is 467 g/mol. The quantitative estimate of drug-likeness (QED) is 0.373. The highest BCUT2D eigenvalue weighted by atomic mass is 35.5. The van der Waals surface area contributed by atoms with Gasteiger partial charge in [0.25, 0.3) is 0 Å². The molecule has 0 radical (unpaired) electrons. The molecule has 0 aliphatic heterocycles. The summed E-state index contributed by atoms with van der Waals surface area (Å²) in [5, 5.41) is 3.86. The summed E-state index contributed by atoms with van der Waals surface area (Å²) in [6.45, 7) is 4.87. The summed E-state index contributed by atoms with van der Waals surface area (Å²) >= 11 is 12.7. The summed E-state index contributed by atoms with van der Waals surface area (Å²) in [5.74, 6) is -0.375. The van der Waals surface area contributed by atoms with Crippen molar-refractivity contribution in [2.75, 3.05) is 6.54 Å². The molecule has 1 N–H and O–H groups in total. The van der Waals surface area contributed by atoms with Gasteiger partial charge in [-0.25, -0.2) is 0 Å². The highest BCUT2D eigenvalue weighted by Crippen LogP contribution is 2.26. The van der Waals surface area contributed by atoms with E-state index in [1.54, 1.807) is 23.1 Å². The minimum atomic E-state index is -0.677. The van der Waals surface area contributed by atoms with Gasteiger partial charge in [0, 0.05) is 29.6 Å². The SMILES string of the molecule is CCCNC(=O)[C@@H](Cc1ccccc1)N(Cc1ccc(C)cc1)C(=O)Cc1c(Cl)cccc1Cl. The summed E-state index contributed by atoms with van der Waals surface area (Å²) in [7, 11) is 0. The first-order valence-electron chi connectivity index (χ1n) is 11.5. The molecule has 3 aromatic carbocycles. The summed E-state index contributed by atoms with van der Waals surface area (Å²) in [5.41, 5.74) is 3.63. The molecule has 3 rings (SSSR count). The minimum absolute atomic E-state index is 0.0106. The number of halogens is 2. The van der Waals surface area contributed by atoms with Crippen molar-refractivity contribution in [2.45, 2.75) is 45.7 Å². The standard InChI is InChI=1S/C28H30Cl2N2O2/c1-3-16-31-28(34)26(17-21-8-5-4-6-9-21)32(19-22-14-12-20(2)13-15-22)27(33)18-23-24(29)10-7-11-25(23)30/h4-15,26H,3,16-19H2,1-2H3,(H,31,34)/t26-/m1/s1. The Balaban J connectivity index is 1.98. The van der Waals surface area contributed by atoms with Crippen molar-refractivity contribution in [1.82, 2.24) is 10.2 Å². The highest BCUT2D eigenvalue weighted by molar-refractivity contribution is 6.36. The lowest BCUT2D eigenvalue weighted by Crippen LogP contribution is -2.51. The maximum Gasteiger partial charge on any atom is 0.243 e. The zero-order chi connectivity index (χ0) is 24.5. The van der Waals surface area contributed by atoms with Gasteiger partial charge in [0.05, 0.1) is 6.42 Å². The number of amides is 2. The van der Waals surface area contributed by atoms with E-state index < -0.39 is 6.04 Å². The van der Waals surface area contributed by atoms with Crippen molar-refractivity contribution in [3.05, 3.63) is 105 Å². The van der Waals surface area contributed by atoms with Crippen LogP contribution in [0, 0.1) is 6.92 Å². The van der Waals surface area contributed by atoms with Gasteiger partial charge in [-0.2, -0.15) is 0 Å². The summed E-state index contributed by atoms with van der Waals surface area (Å²) in [6.07, 6.45) is 1.23. The highest BCUT2D eigenvalue weighted by Gasteiger charge is 2.30. The molecule has 1 atom stereocenters. The van der Waals surface area contributed by atoms with E-state index in [4.69, 9.17) is 23.2 Å². The van der Waals surface area contributed by atoms with Crippen molar-refractivity contribution in [2.24, 2.45) is 0 Å². The largest absolute Gasteiger partial charge is 0.354 e. The van der Waals surface area contributed by atoms with E-state index in [9.17, 15) is 9.59 Å². The second-order valence-electron chi connectivity index (χ2n) is 8.38. The molecule has 0 aliphatic rings. The Morgan fingerprint density at radius 2 is 1.53 bits per heavy atom. The monoisotopic (exact) mass is 496 g/mol. The van der Waals surface area contributed by atoms with Crippen molar-refractivity contribution in [1.29, 1.82) is 0 Å². The molecule has 0 saturated heterocycles. The van der Waals surface area contributed by atoms with Crippen LogP contribution in [0.15, 0.2) is 72.8 Å². The number of carbonyl (C=O) groups excluding carboxylic acids is 2. The lowest BCUT2D eigenvalue weighted by atomic mass is 10.0. The van der Waals surface area contributed by atoms with Crippen LogP contribution in [0.4, 0.5) is 0 Å². The third-order valence-corrected chi connectivity index (χ3v) is 6.39. The van der Waals surface area contributed by atoms with E-state index in [0.29, 0.717) is 35.1 Å². The van der Waals surface area contributed by atoms with Crippen molar-refractivity contribution in [3.63, 3.8) is 0 Å². The molecule has 34 heavy (non-hydrogen) atoms. The van der Waals surface area contributed by atoms with Crippen LogP contribution < -0.4 is 5.32 Å². The number of hydrogen-bond acceptors (Lipinski definition) is 2. The van der Waals surface area contributed by atoms with Crippen LogP contribution in [0.25, 0.3) is 0 Å². The minimum Gasteiger partial charge on any atom is -0.354 e. The fourth-order valence-corrected chi connectivity index (χ4v) is 4.30. The van der Waals surface area contributed by atoms with Crippen LogP contribution in [-0.4, -0.2) is 29.3 Å². The van der Waals surface area contributed by atoms with Crippen LogP contribution in [0.3, 0.4) is 0 Å². The maximum atomic E-state index is 13.7. The molecule has 2 amide bonds. The van der Waals surface area contributed by atoms with Crippen LogP contribution >= 0.6 is 23.2 Å². The molecule has 0 unspecified atom stereocenters. The lowest BCUT2D eigenvalue weighted by molar-refractivity contribution is -0.140. The zero-order valence-corrected chi connectivity index (χ0v) is 21.1. The fraction of sp³-hybridized carbons (Fsp3) is 0.286. The predicted molar refractivity (Wildman–Crippen MR) is 139 cm³/mol. The normalized spacial score (nSPS) is 11.6. The van der Waals surface area contributed by atoms with E-state index in [0.717, 1.165) is 23.1 Å².